The van der Waals surface area contributed by atoms with Gasteiger partial charge in [0.05, 0.1) is 10.6 Å². The van der Waals surface area contributed by atoms with Crippen LogP contribution in [-0.2, 0) is 14.9 Å². The van der Waals surface area contributed by atoms with Crippen LogP contribution in [0.4, 0.5) is 33.4 Å². The lowest BCUT2D eigenvalue weighted by Gasteiger charge is -2.11. The Morgan fingerprint density at radius 1 is 1.04 bits per heavy atom. The zero-order valence-corrected chi connectivity index (χ0v) is 13.5. The number of nitrogens with zero attached hydrogens (tertiary/aromatic N) is 2. The van der Waals surface area contributed by atoms with E-state index >= 15 is 0 Å². The maximum atomic E-state index is 14.1. The highest BCUT2D eigenvalue weighted by molar-refractivity contribution is 7.85. The van der Waals surface area contributed by atoms with E-state index in [4.69, 9.17) is 4.55 Å². The fourth-order valence-corrected chi connectivity index (χ4v) is 2.73. The Balaban J connectivity index is 2.11. The minimum atomic E-state index is -4.67. The Kier molecular flexibility index (Phi) is 4.35. The van der Waals surface area contributed by atoms with E-state index in [1.165, 1.54) is 0 Å². The first kappa shape index (κ1) is 18.7. The Bertz CT molecular complexity index is 1120. The van der Waals surface area contributed by atoms with E-state index in [9.17, 15) is 35.3 Å². The summed E-state index contributed by atoms with van der Waals surface area (Å²) in [5, 5.41) is 4.34. The molecule has 3 rings (SSSR count). The van der Waals surface area contributed by atoms with Crippen molar-refractivity contribution in [1.82, 2.24) is 0 Å². The number of carbonyl (C=O) groups is 1. The first-order valence-corrected chi connectivity index (χ1v) is 8.25. The van der Waals surface area contributed by atoms with Crippen molar-refractivity contribution in [2.24, 2.45) is 5.10 Å². The quantitative estimate of drug-likeness (QED) is 0.204. The van der Waals surface area contributed by atoms with Gasteiger partial charge in [0.15, 0.2) is 29.0 Å². The number of benzene rings is 2. The molecule has 2 aromatic rings. The number of rotatable bonds is 3. The number of carbonyl (C=O) groups excluding carboxylic acids is 1. The molecule has 0 spiro atoms. The number of hydrogen-bond acceptors (Lipinski definition) is 5. The van der Waals surface area contributed by atoms with E-state index in [1.807, 2.05) is 0 Å². The topological polar surface area (TPSA) is 99.1 Å². The molecule has 2 aromatic carbocycles. The van der Waals surface area contributed by atoms with Gasteiger partial charge in [-0.15, -0.1) is 5.10 Å². The fraction of sp³-hybridized carbons (Fsp3) is 0. The highest BCUT2D eigenvalue weighted by atomic mass is 32.2. The van der Waals surface area contributed by atoms with Gasteiger partial charge in [0.2, 0.25) is 0 Å². The molecular formula is C14H6F5N3O4S. The maximum absolute atomic E-state index is 14.1. The second-order valence-corrected chi connectivity index (χ2v) is 6.59. The summed E-state index contributed by atoms with van der Waals surface area (Å²) in [5.74, 6) is -9.52. The molecule has 0 saturated heterocycles. The third kappa shape index (κ3) is 3.21. The first-order chi connectivity index (χ1) is 12.5. The minimum absolute atomic E-state index is 0.0171. The van der Waals surface area contributed by atoms with Crippen LogP contribution in [0.1, 0.15) is 5.56 Å². The highest BCUT2D eigenvalue weighted by Crippen LogP contribution is 2.30. The van der Waals surface area contributed by atoms with Gasteiger partial charge in [0.1, 0.15) is 5.69 Å². The number of amides is 1. The van der Waals surface area contributed by atoms with Gasteiger partial charge in [-0.3, -0.25) is 9.35 Å². The molecule has 1 amide bonds. The highest BCUT2D eigenvalue weighted by Gasteiger charge is 2.30. The molecular weight excluding hydrogens is 401 g/mol. The van der Waals surface area contributed by atoms with Crippen LogP contribution in [0, 0.1) is 23.3 Å². The SMILES string of the molecule is O=C1Nc2ccc(S(=O)(=O)O)cc2C1=NN(F)c1cc(F)c(F)c(F)c1F. The third-order valence-corrected chi connectivity index (χ3v) is 4.33. The van der Waals surface area contributed by atoms with Crippen molar-refractivity contribution in [2.45, 2.75) is 4.90 Å². The third-order valence-electron chi connectivity index (χ3n) is 3.48. The molecule has 1 aliphatic rings. The van der Waals surface area contributed by atoms with Crippen LogP contribution in [0.25, 0.3) is 0 Å². The summed E-state index contributed by atoms with van der Waals surface area (Å²) < 4.78 is 98.5. The largest absolute Gasteiger partial charge is 0.320 e. The van der Waals surface area contributed by atoms with Gasteiger partial charge in [0, 0.05) is 11.6 Å². The van der Waals surface area contributed by atoms with Crippen LogP contribution in [0.3, 0.4) is 0 Å². The van der Waals surface area contributed by atoms with Crippen molar-refractivity contribution in [3.63, 3.8) is 0 Å². The van der Waals surface area contributed by atoms with Gasteiger partial charge >= 0.3 is 0 Å². The van der Waals surface area contributed by atoms with Gasteiger partial charge in [-0.25, -0.2) is 17.6 Å². The fourth-order valence-electron chi connectivity index (χ4n) is 2.23. The van der Waals surface area contributed by atoms with E-state index < -0.39 is 60.8 Å². The molecule has 27 heavy (non-hydrogen) atoms. The van der Waals surface area contributed by atoms with Crippen LogP contribution in [0.2, 0.25) is 0 Å². The average Bonchev–Trinajstić information content (AvgIpc) is 2.90. The van der Waals surface area contributed by atoms with Gasteiger partial charge in [-0.1, -0.05) is 9.71 Å². The van der Waals surface area contributed by atoms with Crippen LogP contribution in [-0.4, -0.2) is 24.6 Å². The summed E-state index contributed by atoms with van der Waals surface area (Å²) >= 11 is 0. The van der Waals surface area contributed by atoms with Gasteiger partial charge in [-0.2, -0.15) is 8.42 Å². The van der Waals surface area contributed by atoms with E-state index in [0.29, 0.717) is 0 Å². The first-order valence-electron chi connectivity index (χ1n) is 6.81. The van der Waals surface area contributed by atoms with Crippen LogP contribution in [0.15, 0.2) is 34.3 Å². The van der Waals surface area contributed by atoms with E-state index in [-0.39, 0.29) is 17.3 Å². The van der Waals surface area contributed by atoms with Gasteiger partial charge < -0.3 is 5.32 Å². The monoisotopic (exact) mass is 407 g/mol. The molecule has 0 fully saturated rings. The second-order valence-electron chi connectivity index (χ2n) is 5.16. The summed E-state index contributed by atoms with van der Waals surface area (Å²) in [7, 11) is -4.67. The minimum Gasteiger partial charge on any atom is -0.320 e. The zero-order chi connectivity index (χ0) is 20.1. The van der Waals surface area contributed by atoms with Crippen LogP contribution < -0.4 is 10.5 Å². The van der Waals surface area contributed by atoms with Crippen LogP contribution in [0.5, 0.6) is 0 Å². The van der Waals surface area contributed by atoms with Gasteiger partial charge in [0.25, 0.3) is 16.0 Å². The number of hydrazone groups is 1. The molecule has 7 nitrogen and oxygen atoms in total. The molecule has 142 valence electrons. The average molecular weight is 407 g/mol. The van der Waals surface area contributed by atoms with Crippen molar-refractivity contribution in [2.75, 3.05) is 10.5 Å². The van der Waals surface area contributed by atoms with E-state index in [2.05, 4.69) is 10.4 Å². The summed E-state index contributed by atoms with van der Waals surface area (Å²) in [6.07, 6.45) is 0. The molecule has 0 radical (unpaired) electrons. The number of nitrogens with one attached hydrogen (secondary N) is 1. The zero-order valence-electron chi connectivity index (χ0n) is 12.7. The summed E-state index contributed by atoms with van der Waals surface area (Å²) in [6.45, 7) is 0. The van der Waals surface area contributed by atoms with Crippen molar-refractivity contribution < 1.29 is 39.8 Å². The van der Waals surface area contributed by atoms with Crippen molar-refractivity contribution in [3.05, 3.63) is 53.1 Å². The maximum Gasteiger partial charge on any atom is 0.294 e. The lowest BCUT2D eigenvalue weighted by molar-refractivity contribution is -0.110. The number of anilines is 2. The molecule has 13 heteroatoms. The predicted octanol–water partition coefficient (Wildman–Crippen LogP) is 2.54. The molecule has 0 saturated carbocycles. The molecule has 0 aliphatic carbocycles. The number of fused-ring (bicyclic) bond motifs is 1. The molecule has 1 aliphatic heterocycles. The van der Waals surface area contributed by atoms with E-state index in [1.54, 1.807) is 0 Å². The predicted molar refractivity (Wildman–Crippen MR) is 81.3 cm³/mol. The Morgan fingerprint density at radius 3 is 2.33 bits per heavy atom. The molecule has 1 heterocycles. The van der Waals surface area contributed by atoms with Gasteiger partial charge in [-0.05, 0) is 18.2 Å². The smallest absolute Gasteiger partial charge is 0.294 e. The second kappa shape index (κ2) is 6.28. The lowest BCUT2D eigenvalue weighted by Crippen LogP contribution is -2.19. The number of hydrogen-bond donors (Lipinski definition) is 2. The Labute approximate surface area is 147 Å². The summed E-state index contributed by atoms with van der Waals surface area (Å²) in [5.41, 5.74) is -2.56. The lowest BCUT2D eigenvalue weighted by atomic mass is 10.1. The molecule has 0 unspecified atom stereocenters. The van der Waals surface area contributed by atoms with E-state index in [0.717, 1.165) is 18.2 Å². The molecule has 0 aromatic heterocycles. The summed E-state index contributed by atoms with van der Waals surface area (Å²) in [4.78, 5) is 11.2. The standard InChI is InChI=1S/C14H6F5N3O4S/c15-7-4-9(11(17)12(18)10(7)16)22(19)21-13-6-3-5(27(24,25)26)1-2-8(6)20-14(13)23/h1-4H,(H,20,21,23)(H,24,25,26). The summed E-state index contributed by atoms with van der Waals surface area (Å²) in [6, 6.07) is 2.76. The normalized spacial score (nSPS) is 15.0. The van der Waals surface area contributed by atoms with Crippen molar-refractivity contribution in [3.8, 4) is 0 Å². The number of halogens is 5. The van der Waals surface area contributed by atoms with Crippen LogP contribution >= 0.6 is 0 Å². The van der Waals surface area contributed by atoms with Crippen molar-refractivity contribution >= 4 is 33.1 Å². The Morgan fingerprint density at radius 2 is 1.70 bits per heavy atom. The molecule has 0 atom stereocenters. The van der Waals surface area contributed by atoms with Crippen molar-refractivity contribution in [1.29, 1.82) is 0 Å². The molecule has 2 N–H and O–H groups in total. The molecule has 0 bridgehead atoms. The Hall–Kier alpha value is -3.06.